The van der Waals surface area contributed by atoms with E-state index in [-0.39, 0.29) is 12.8 Å². The SMILES string of the molecule is C=CCCCOP(C(F)(F)C(F)(F)F)C(F)(F)C(F)(F)F. The van der Waals surface area contributed by atoms with Crippen molar-refractivity contribution in [3.05, 3.63) is 12.7 Å². The summed E-state index contributed by atoms with van der Waals surface area (Å²) in [6.07, 6.45) is -12.4. The molecule has 0 aromatic rings. The van der Waals surface area contributed by atoms with E-state index in [2.05, 4.69) is 11.1 Å². The van der Waals surface area contributed by atoms with Crippen LogP contribution in [0.2, 0.25) is 0 Å². The Bertz CT molecular complexity index is 321. The lowest BCUT2D eigenvalue weighted by Gasteiger charge is -2.34. The molecule has 0 aromatic heterocycles. The van der Waals surface area contributed by atoms with Gasteiger partial charge in [-0.1, -0.05) is 6.08 Å². The smallest absolute Gasteiger partial charge is 0.348 e. The van der Waals surface area contributed by atoms with Gasteiger partial charge in [-0.15, -0.1) is 6.58 Å². The van der Waals surface area contributed by atoms with Gasteiger partial charge in [-0.3, -0.25) is 0 Å². The molecule has 0 atom stereocenters. The Morgan fingerprint density at radius 2 is 1.19 bits per heavy atom. The Hall–Kier alpha value is -0.570. The highest BCUT2D eigenvalue weighted by molar-refractivity contribution is 7.55. The molecule has 0 bridgehead atoms. The fraction of sp³-hybridized carbons (Fsp3) is 0.778. The molecule has 1 nitrogen and oxygen atoms in total. The summed E-state index contributed by atoms with van der Waals surface area (Å²) in [4.78, 5) is 0. The average molecular weight is 354 g/mol. The quantitative estimate of drug-likeness (QED) is 0.248. The molecule has 0 aliphatic rings. The van der Waals surface area contributed by atoms with Crippen LogP contribution in [0.3, 0.4) is 0 Å². The van der Waals surface area contributed by atoms with Crippen molar-refractivity contribution in [1.29, 1.82) is 0 Å². The minimum absolute atomic E-state index is 0.0155. The Kier molecular flexibility index (Phi) is 6.50. The van der Waals surface area contributed by atoms with Crippen LogP contribution in [0, 0.1) is 0 Å². The molecule has 0 N–H and O–H groups in total. The van der Waals surface area contributed by atoms with Gasteiger partial charge >= 0.3 is 23.7 Å². The Labute approximate surface area is 113 Å². The summed E-state index contributed by atoms with van der Waals surface area (Å²) in [5, 5.41) is 0. The van der Waals surface area contributed by atoms with E-state index in [1.165, 1.54) is 0 Å². The molecule has 0 aliphatic carbocycles. The summed E-state index contributed by atoms with van der Waals surface area (Å²) in [7, 11) is -5.49. The van der Waals surface area contributed by atoms with E-state index in [0.29, 0.717) is 0 Å². The Morgan fingerprint density at radius 1 is 0.810 bits per heavy atom. The zero-order valence-corrected chi connectivity index (χ0v) is 10.9. The van der Waals surface area contributed by atoms with Gasteiger partial charge in [-0.2, -0.15) is 43.9 Å². The maximum Gasteiger partial charge on any atom is 0.460 e. The highest BCUT2D eigenvalue weighted by Crippen LogP contribution is 2.71. The van der Waals surface area contributed by atoms with Crippen molar-refractivity contribution in [2.24, 2.45) is 0 Å². The second-order valence-corrected chi connectivity index (χ2v) is 5.61. The third-order valence-electron chi connectivity index (χ3n) is 1.97. The van der Waals surface area contributed by atoms with E-state index in [0.717, 1.165) is 6.08 Å². The number of hydrogen-bond donors (Lipinski definition) is 0. The zero-order chi connectivity index (χ0) is 17.1. The maximum absolute atomic E-state index is 12.9. The third-order valence-corrected chi connectivity index (χ3v) is 3.93. The molecule has 0 fully saturated rings. The van der Waals surface area contributed by atoms with Crippen molar-refractivity contribution >= 4 is 8.15 Å². The van der Waals surface area contributed by atoms with Crippen LogP contribution in [0.4, 0.5) is 43.9 Å². The van der Waals surface area contributed by atoms with E-state index >= 15 is 0 Å². The standard InChI is InChI=1S/C9H9F10OP/c1-2-3-4-5-20-21(8(16,17)6(10,11)12)9(18,19)7(13,14)15/h2H,1,3-5H2. The summed E-state index contributed by atoms with van der Waals surface area (Å²) < 4.78 is 128. The van der Waals surface area contributed by atoms with E-state index in [9.17, 15) is 43.9 Å². The number of alkyl halides is 10. The normalized spacial score (nSPS) is 14.6. The molecule has 0 heterocycles. The number of rotatable bonds is 7. The van der Waals surface area contributed by atoms with Crippen molar-refractivity contribution in [2.75, 3.05) is 6.61 Å². The minimum atomic E-state index is -6.59. The molecule has 0 saturated carbocycles. The van der Waals surface area contributed by atoms with E-state index in [1.807, 2.05) is 0 Å². The lowest BCUT2D eigenvalue weighted by Crippen LogP contribution is -2.45. The number of halogens is 10. The van der Waals surface area contributed by atoms with E-state index < -0.39 is 38.4 Å². The largest absolute Gasteiger partial charge is 0.460 e. The number of allylic oxidation sites excluding steroid dienone is 1. The summed E-state index contributed by atoms with van der Waals surface area (Å²) >= 11 is 0. The Morgan fingerprint density at radius 3 is 1.48 bits per heavy atom. The van der Waals surface area contributed by atoms with Crippen molar-refractivity contribution in [3.8, 4) is 0 Å². The van der Waals surface area contributed by atoms with Crippen molar-refractivity contribution in [3.63, 3.8) is 0 Å². The van der Waals surface area contributed by atoms with Crippen molar-refractivity contribution < 1.29 is 48.4 Å². The second kappa shape index (κ2) is 6.68. The van der Waals surface area contributed by atoms with Gasteiger partial charge in [0, 0.05) is 0 Å². The van der Waals surface area contributed by atoms with Crippen molar-refractivity contribution in [1.82, 2.24) is 0 Å². The van der Waals surface area contributed by atoms with Crippen LogP contribution in [-0.4, -0.2) is 30.3 Å². The highest BCUT2D eigenvalue weighted by Gasteiger charge is 2.77. The molecule has 12 heteroatoms. The first-order valence-electron chi connectivity index (χ1n) is 5.12. The molecule has 0 rings (SSSR count). The second-order valence-electron chi connectivity index (χ2n) is 3.64. The van der Waals surface area contributed by atoms with Gasteiger partial charge in [0.05, 0.1) is 6.61 Å². The topological polar surface area (TPSA) is 9.23 Å². The molecular weight excluding hydrogens is 345 g/mol. The van der Waals surface area contributed by atoms with Crippen LogP contribution >= 0.6 is 8.15 Å². The lowest BCUT2D eigenvalue weighted by atomic mass is 10.3. The molecule has 126 valence electrons. The van der Waals surface area contributed by atoms with Gasteiger partial charge in [0.25, 0.3) is 0 Å². The average Bonchev–Trinajstić information content (AvgIpc) is 2.25. The zero-order valence-electron chi connectivity index (χ0n) is 10.0. The number of hydrogen-bond acceptors (Lipinski definition) is 1. The maximum atomic E-state index is 12.9. The van der Waals surface area contributed by atoms with Gasteiger partial charge in [0.2, 0.25) is 0 Å². The fourth-order valence-corrected chi connectivity index (χ4v) is 2.40. The first kappa shape index (κ1) is 20.4. The van der Waals surface area contributed by atoms with E-state index in [4.69, 9.17) is 0 Å². The summed E-state index contributed by atoms with van der Waals surface area (Å²) in [5.41, 5.74) is -12.6. The first-order valence-corrected chi connectivity index (χ1v) is 6.38. The highest BCUT2D eigenvalue weighted by atomic mass is 31.1. The predicted octanol–water partition coefficient (Wildman–Crippen LogP) is 5.68. The Balaban J connectivity index is 5.44. The van der Waals surface area contributed by atoms with Crippen LogP contribution in [0.5, 0.6) is 0 Å². The van der Waals surface area contributed by atoms with Crippen LogP contribution in [-0.2, 0) is 4.52 Å². The van der Waals surface area contributed by atoms with E-state index in [1.54, 1.807) is 0 Å². The van der Waals surface area contributed by atoms with Gasteiger partial charge in [0.15, 0.2) is 8.15 Å². The van der Waals surface area contributed by atoms with Crippen molar-refractivity contribution in [2.45, 2.75) is 36.5 Å². The van der Waals surface area contributed by atoms with Crippen LogP contribution in [0.15, 0.2) is 12.7 Å². The molecule has 0 amide bonds. The molecule has 0 saturated heterocycles. The van der Waals surface area contributed by atoms with Crippen LogP contribution < -0.4 is 0 Å². The van der Waals surface area contributed by atoms with Gasteiger partial charge in [-0.05, 0) is 12.8 Å². The van der Waals surface area contributed by atoms with Crippen LogP contribution in [0.25, 0.3) is 0 Å². The molecule has 0 radical (unpaired) electrons. The van der Waals surface area contributed by atoms with Gasteiger partial charge < -0.3 is 4.52 Å². The predicted molar refractivity (Wildman–Crippen MR) is 54.3 cm³/mol. The summed E-state index contributed by atoms with van der Waals surface area (Å²) in [5.74, 6) is 0. The summed E-state index contributed by atoms with van der Waals surface area (Å²) in [6.45, 7) is 2.03. The minimum Gasteiger partial charge on any atom is -0.348 e. The lowest BCUT2D eigenvalue weighted by molar-refractivity contribution is -0.267. The third kappa shape index (κ3) is 4.70. The molecule has 0 unspecified atom stereocenters. The van der Waals surface area contributed by atoms with Gasteiger partial charge in [-0.25, -0.2) is 0 Å². The summed E-state index contributed by atoms with van der Waals surface area (Å²) in [6, 6.07) is 0. The number of unbranched alkanes of at least 4 members (excludes halogenated alkanes) is 1. The molecule has 0 aromatic carbocycles. The molecule has 0 spiro atoms. The molecule has 21 heavy (non-hydrogen) atoms. The first-order chi connectivity index (χ1) is 9.19. The molecular formula is C9H9F10OP. The monoisotopic (exact) mass is 354 g/mol. The van der Waals surface area contributed by atoms with Crippen LogP contribution in [0.1, 0.15) is 12.8 Å². The fourth-order valence-electron chi connectivity index (χ4n) is 0.952. The molecule has 0 aliphatic heterocycles. The van der Waals surface area contributed by atoms with Gasteiger partial charge in [0.1, 0.15) is 0 Å².